The van der Waals surface area contributed by atoms with Crippen LogP contribution in [0.2, 0.25) is 0 Å². The second-order valence-electron chi connectivity index (χ2n) is 5.46. The summed E-state index contributed by atoms with van der Waals surface area (Å²) in [5.41, 5.74) is 6.40. The van der Waals surface area contributed by atoms with E-state index >= 15 is 0 Å². The minimum atomic E-state index is 1.01. The predicted octanol–water partition coefficient (Wildman–Crippen LogP) is 5.13. The quantitative estimate of drug-likeness (QED) is 0.654. The Bertz CT molecular complexity index is 712. The highest BCUT2D eigenvalue weighted by atomic mass is 14.2. The van der Waals surface area contributed by atoms with Crippen LogP contribution in [-0.4, -0.2) is 0 Å². The van der Waals surface area contributed by atoms with Crippen molar-refractivity contribution in [1.82, 2.24) is 0 Å². The second-order valence-corrected chi connectivity index (χ2v) is 5.46. The average molecular weight is 272 g/mol. The third-order valence-corrected chi connectivity index (χ3v) is 3.91. The van der Waals surface area contributed by atoms with Gasteiger partial charge >= 0.3 is 0 Å². The molecule has 2 aliphatic carbocycles. The molecule has 0 saturated heterocycles. The van der Waals surface area contributed by atoms with Crippen LogP contribution in [0.1, 0.15) is 37.3 Å². The zero-order valence-corrected chi connectivity index (χ0v) is 12.5. The summed E-state index contributed by atoms with van der Waals surface area (Å²) in [5, 5.41) is 0. The summed E-state index contributed by atoms with van der Waals surface area (Å²) < 4.78 is 0. The van der Waals surface area contributed by atoms with Crippen LogP contribution in [0.3, 0.4) is 0 Å². The molecule has 1 aromatic carbocycles. The molecule has 0 atom stereocenters. The number of aryl methyl sites for hydroxylation is 1. The number of fused-ring (bicyclic) bond motifs is 1. The van der Waals surface area contributed by atoms with Gasteiger partial charge in [0.15, 0.2) is 0 Å². The first-order valence-electron chi connectivity index (χ1n) is 7.75. The highest BCUT2D eigenvalue weighted by Crippen LogP contribution is 2.29. The van der Waals surface area contributed by atoms with Crippen LogP contribution in [0.25, 0.3) is 0 Å². The monoisotopic (exact) mass is 272 g/mol. The van der Waals surface area contributed by atoms with Gasteiger partial charge in [-0.05, 0) is 48.1 Å². The molecule has 1 aromatic rings. The summed E-state index contributed by atoms with van der Waals surface area (Å²) in [7, 11) is 0. The van der Waals surface area contributed by atoms with E-state index in [1.807, 2.05) is 0 Å². The molecule has 0 bridgehead atoms. The van der Waals surface area contributed by atoms with Gasteiger partial charge in [-0.3, -0.25) is 0 Å². The van der Waals surface area contributed by atoms with E-state index in [-0.39, 0.29) is 0 Å². The van der Waals surface area contributed by atoms with Gasteiger partial charge in [-0.15, -0.1) is 0 Å². The van der Waals surface area contributed by atoms with Crippen LogP contribution in [0.5, 0.6) is 0 Å². The van der Waals surface area contributed by atoms with Crippen LogP contribution in [0, 0.1) is 11.8 Å². The van der Waals surface area contributed by atoms with Gasteiger partial charge in [0.05, 0.1) is 0 Å². The molecule has 0 heteroatoms. The zero-order chi connectivity index (χ0) is 14.5. The Kier molecular flexibility index (Phi) is 4.22. The van der Waals surface area contributed by atoms with Crippen molar-refractivity contribution in [2.75, 3.05) is 0 Å². The molecule has 3 rings (SSSR count). The fourth-order valence-corrected chi connectivity index (χ4v) is 2.84. The van der Waals surface area contributed by atoms with Gasteiger partial charge < -0.3 is 0 Å². The molecule has 0 radical (unpaired) electrons. The van der Waals surface area contributed by atoms with Gasteiger partial charge in [-0.2, -0.15) is 0 Å². The first-order chi connectivity index (χ1) is 10.4. The minimum Gasteiger partial charge on any atom is -0.0795 e. The zero-order valence-electron chi connectivity index (χ0n) is 12.5. The Morgan fingerprint density at radius 2 is 1.95 bits per heavy atom. The third kappa shape index (κ3) is 3.09. The highest BCUT2D eigenvalue weighted by Gasteiger charge is 2.12. The van der Waals surface area contributed by atoms with Gasteiger partial charge in [0.25, 0.3) is 0 Å². The summed E-state index contributed by atoms with van der Waals surface area (Å²) in [6.45, 7) is 2.21. The number of hydrogen-bond acceptors (Lipinski definition) is 0. The standard InChI is InChI=1S/C21H20/c1-2-8-17-9-3-4-10-18(17)15-16-20-12-6-5-11-19-13-7-14-21(19)20/h3-4,6-7,9-12,14H,2,5,8,13H2,1H3. The van der Waals surface area contributed by atoms with E-state index in [0.29, 0.717) is 0 Å². The molecule has 0 saturated carbocycles. The molecule has 0 unspecified atom stereocenters. The van der Waals surface area contributed by atoms with Gasteiger partial charge in [0, 0.05) is 11.1 Å². The van der Waals surface area contributed by atoms with Crippen molar-refractivity contribution in [3.8, 4) is 11.8 Å². The summed E-state index contributed by atoms with van der Waals surface area (Å²) in [5.74, 6) is 6.79. The first-order valence-corrected chi connectivity index (χ1v) is 7.75. The lowest BCUT2D eigenvalue weighted by molar-refractivity contribution is 0.919. The topological polar surface area (TPSA) is 0 Å². The van der Waals surface area contributed by atoms with E-state index in [4.69, 9.17) is 0 Å². The number of benzene rings is 1. The molecule has 0 aromatic heterocycles. The van der Waals surface area contributed by atoms with E-state index in [0.717, 1.165) is 36.8 Å². The van der Waals surface area contributed by atoms with Crippen molar-refractivity contribution < 1.29 is 0 Å². The van der Waals surface area contributed by atoms with Crippen molar-refractivity contribution in [3.05, 3.63) is 82.5 Å². The van der Waals surface area contributed by atoms with Gasteiger partial charge in [0.1, 0.15) is 0 Å². The lowest BCUT2D eigenvalue weighted by atomic mass is 10.0. The molecule has 0 aliphatic heterocycles. The lowest BCUT2D eigenvalue weighted by Crippen LogP contribution is -1.89. The molecule has 0 spiro atoms. The average Bonchev–Trinajstić information content (AvgIpc) is 2.89. The van der Waals surface area contributed by atoms with E-state index in [2.05, 4.69) is 73.4 Å². The van der Waals surface area contributed by atoms with Gasteiger partial charge in [-0.25, -0.2) is 0 Å². The van der Waals surface area contributed by atoms with E-state index in [9.17, 15) is 0 Å². The van der Waals surface area contributed by atoms with Crippen LogP contribution >= 0.6 is 0 Å². The van der Waals surface area contributed by atoms with Crippen molar-refractivity contribution in [3.63, 3.8) is 0 Å². The minimum absolute atomic E-state index is 1.01. The Labute approximate surface area is 127 Å². The Balaban J connectivity index is 1.98. The maximum atomic E-state index is 3.40. The smallest absolute Gasteiger partial charge is 0.0321 e. The Hall–Kier alpha value is -2.26. The van der Waals surface area contributed by atoms with Gasteiger partial charge in [0.2, 0.25) is 0 Å². The Morgan fingerprint density at radius 3 is 2.86 bits per heavy atom. The van der Waals surface area contributed by atoms with Crippen LogP contribution in [-0.2, 0) is 6.42 Å². The van der Waals surface area contributed by atoms with Crippen LogP contribution in [0.15, 0.2) is 71.4 Å². The summed E-state index contributed by atoms with van der Waals surface area (Å²) in [4.78, 5) is 0. The fourth-order valence-electron chi connectivity index (χ4n) is 2.84. The summed E-state index contributed by atoms with van der Waals surface area (Å²) in [6.07, 6.45) is 15.4. The molecular formula is C21H20. The predicted molar refractivity (Wildman–Crippen MR) is 89.9 cm³/mol. The third-order valence-electron chi connectivity index (χ3n) is 3.91. The van der Waals surface area contributed by atoms with E-state index in [1.165, 1.54) is 16.7 Å². The molecule has 2 aliphatic rings. The first kappa shape index (κ1) is 13.7. The number of rotatable bonds is 2. The highest BCUT2D eigenvalue weighted by molar-refractivity contribution is 5.60. The Morgan fingerprint density at radius 1 is 1.05 bits per heavy atom. The molecular weight excluding hydrogens is 252 g/mol. The second kappa shape index (κ2) is 6.46. The number of allylic oxidation sites excluding steroid dienone is 8. The number of hydrogen-bond donors (Lipinski definition) is 0. The largest absolute Gasteiger partial charge is 0.0795 e. The molecule has 0 fully saturated rings. The van der Waals surface area contributed by atoms with Crippen molar-refractivity contribution in [2.24, 2.45) is 0 Å². The van der Waals surface area contributed by atoms with Crippen LogP contribution in [0.4, 0.5) is 0 Å². The van der Waals surface area contributed by atoms with Crippen molar-refractivity contribution >= 4 is 0 Å². The molecule has 0 amide bonds. The molecule has 104 valence electrons. The SMILES string of the molecule is CCCc1ccccc1C#CC1=C2C=CCC2=CCC=C1. The molecule has 0 N–H and O–H groups in total. The molecule has 0 nitrogen and oxygen atoms in total. The fraction of sp³-hybridized carbons (Fsp3) is 0.238. The van der Waals surface area contributed by atoms with Crippen molar-refractivity contribution in [1.29, 1.82) is 0 Å². The lowest BCUT2D eigenvalue weighted by Gasteiger charge is -2.03. The summed E-state index contributed by atoms with van der Waals surface area (Å²) in [6, 6.07) is 8.49. The normalized spacial score (nSPS) is 16.1. The molecule has 0 heterocycles. The summed E-state index contributed by atoms with van der Waals surface area (Å²) >= 11 is 0. The van der Waals surface area contributed by atoms with E-state index in [1.54, 1.807) is 0 Å². The maximum absolute atomic E-state index is 3.40. The molecule has 21 heavy (non-hydrogen) atoms. The van der Waals surface area contributed by atoms with Crippen LogP contribution < -0.4 is 0 Å². The van der Waals surface area contributed by atoms with Crippen molar-refractivity contribution in [2.45, 2.75) is 32.6 Å². The van der Waals surface area contributed by atoms with Gasteiger partial charge in [-0.1, -0.05) is 67.7 Å². The maximum Gasteiger partial charge on any atom is 0.0321 e. The van der Waals surface area contributed by atoms with E-state index < -0.39 is 0 Å².